The Labute approximate surface area is 119 Å². The molecule has 2 aliphatic rings. The first-order valence-electron chi connectivity index (χ1n) is 7.35. The van der Waals surface area contributed by atoms with E-state index in [1.165, 1.54) is 18.4 Å². The van der Waals surface area contributed by atoms with Crippen LogP contribution in [0.4, 0.5) is 0 Å². The van der Waals surface area contributed by atoms with E-state index in [1.807, 2.05) is 17.9 Å². The Kier molecular flexibility index (Phi) is 3.32. The van der Waals surface area contributed by atoms with Crippen molar-refractivity contribution in [1.82, 2.24) is 14.7 Å². The third-order valence-electron chi connectivity index (χ3n) is 5.26. The van der Waals surface area contributed by atoms with E-state index in [2.05, 4.69) is 16.9 Å². The zero-order chi connectivity index (χ0) is 14.3. The van der Waals surface area contributed by atoms with Crippen LogP contribution in [0.1, 0.15) is 30.5 Å². The van der Waals surface area contributed by atoms with Crippen LogP contribution >= 0.6 is 0 Å². The zero-order valence-corrected chi connectivity index (χ0v) is 12.6. The summed E-state index contributed by atoms with van der Waals surface area (Å²) in [7, 11) is 3.48. The molecule has 5 nitrogen and oxygen atoms in total. The van der Waals surface area contributed by atoms with Crippen LogP contribution in [0.3, 0.4) is 0 Å². The lowest BCUT2D eigenvalue weighted by Crippen LogP contribution is -2.36. The molecule has 2 heterocycles. The fourth-order valence-corrected chi connectivity index (χ4v) is 3.99. The van der Waals surface area contributed by atoms with Crippen molar-refractivity contribution in [3.8, 4) is 0 Å². The second-order valence-corrected chi connectivity index (χ2v) is 6.29. The van der Waals surface area contributed by atoms with Crippen molar-refractivity contribution in [3.05, 3.63) is 17.5 Å². The average Bonchev–Trinajstić information content (AvgIpc) is 3.06. The van der Waals surface area contributed by atoms with Crippen LogP contribution in [0.15, 0.2) is 6.20 Å². The van der Waals surface area contributed by atoms with Gasteiger partial charge in [-0.15, -0.1) is 0 Å². The average molecular weight is 277 g/mol. The highest BCUT2D eigenvalue weighted by Gasteiger charge is 2.55. The molecule has 1 aromatic rings. The molecule has 0 radical (unpaired) electrons. The minimum Gasteiger partial charge on any atom is -0.469 e. The first-order chi connectivity index (χ1) is 9.56. The molecule has 1 aromatic heterocycles. The molecule has 0 N–H and O–H groups in total. The smallest absolute Gasteiger partial charge is 0.313 e. The summed E-state index contributed by atoms with van der Waals surface area (Å²) < 4.78 is 6.99. The van der Waals surface area contributed by atoms with E-state index in [-0.39, 0.29) is 11.4 Å². The molecule has 110 valence electrons. The van der Waals surface area contributed by atoms with Crippen molar-refractivity contribution in [2.75, 3.05) is 20.2 Å². The van der Waals surface area contributed by atoms with Gasteiger partial charge in [-0.1, -0.05) is 6.42 Å². The summed E-state index contributed by atoms with van der Waals surface area (Å²) in [5.74, 6) is 0.456. The Bertz CT molecular complexity index is 525. The van der Waals surface area contributed by atoms with E-state index in [9.17, 15) is 4.79 Å². The number of likely N-dealkylation sites (tertiary alicyclic amines) is 1. The Balaban J connectivity index is 1.76. The van der Waals surface area contributed by atoms with Gasteiger partial charge in [0.25, 0.3) is 0 Å². The summed E-state index contributed by atoms with van der Waals surface area (Å²) in [5, 5.41) is 4.30. The molecule has 0 aromatic carbocycles. The van der Waals surface area contributed by atoms with Gasteiger partial charge < -0.3 is 4.74 Å². The number of fused-ring (bicyclic) bond motifs is 1. The summed E-state index contributed by atoms with van der Waals surface area (Å²) in [5.41, 5.74) is 2.21. The number of methoxy groups -OCH3 is 1. The molecule has 2 fully saturated rings. The SMILES string of the molecule is COC(=O)[C@]12CCC[C@H]1CN(Cc1cnn(C)c1C)C2. The first-order valence-corrected chi connectivity index (χ1v) is 7.35. The van der Waals surface area contributed by atoms with Gasteiger partial charge in [0.15, 0.2) is 0 Å². The molecule has 3 rings (SSSR count). The first kappa shape index (κ1) is 13.6. The van der Waals surface area contributed by atoms with Crippen molar-refractivity contribution in [2.24, 2.45) is 18.4 Å². The molecule has 1 saturated heterocycles. The highest BCUT2D eigenvalue weighted by atomic mass is 16.5. The van der Waals surface area contributed by atoms with Crippen LogP contribution in [-0.2, 0) is 23.1 Å². The van der Waals surface area contributed by atoms with Crippen molar-refractivity contribution in [3.63, 3.8) is 0 Å². The number of nitrogens with zero attached hydrogens (tertiary/aromatic N) is 3. The number of aromatic nitrogens is 2. The minimum atomic E-state index is -0.245. The highest BCUT2D eigenvalue weighted by Crippen LogP contribution is 2.49. The van der Waals surface area contributed by atoms with Crippen LogP contribution in [0.5, 0.6) is 0 Å². The fourth-order valence-electron chi connectivity index (χ4n) is 3.99. The molecule has 1 aliphatic carbocycles. The second-order valence-electron chi connectivity index (χ2n) is 6.29. The number of carbonyl (C=O) groups excluding carboxylic acids is 1. The fraction of sp³-hybridized carbons (Fsp3) is 0.733. The molecule has 20 heavy (non-hydrogen) atoms. The molecule has 0 amide bonds. The topological polar surface area (TPSA) is 47.4 Å². The Morgan fingerprint density at radius 1 is 1.60 bits per heavy atom. The largest absolute Gasteiger partial charge is 0.469 e. The summed E-state index contributed by atoms with van der Waals surface area (Å²) in [6, 6.07) is 0. The Morgan fingerprint density at radius 2 is 2.40 bits per heavy atom. The van der Waals surface area contributed by atoms with Gasteiger partial charge in [-0.05, 0) is 25.7 Å². The molecule has 1 aliphatic heterocycles. The lowest BCUT2D eigenvalue weighted by Gasteiger charge is -2.25. The normalized spacial score (nSPS) is 29.6. The monoisotopic (exact) mass is 277 g/mol. The van der Waals surface area contributed by atoms with Crippen molar-refractivity contribution in [2.45, 2.75) is 32.7 Å². The van der Waals surface area contributed by atoms with E-state index in [0.29, 0.717) is 5.92 Å². The summed E-state index contributed by atoms with van der Waals surface area (Å²) >= 11 is 0. The summed E-state index contributed by atoms with van der Waals surface area (Å²) in [6.45, 7) is 4.81. The van der Waals surface area contributed by atoms with E-state index in [1.54, 1.807) is 0 Å². The van der Waals surface area contributed by atoms with Gasteiger partial charge in [0.05, 0.1) is 18.7 Å². The van der Waals surface area contributed by atoms with Gasteiger partial charge in [0, 0.05) is 37.9 Å². The van der Waals surface area contributed by atoms with Gasteiger partial charge in [0.2, 0.25) is 0 Å². The molecular weight excluding hydrogens is 254 g/mol. The molecule has 0 spiro atoms. The predicted molar refractivity (Wildman–Crippen MR) is 75.0 cm³/mol. The van der Waals surface area contributed by atoms with Gasteiger partial charge in [-0.2, -0.15) is 5.10 Å². The number of rotatable bonds is 3. The molecule has 1 saturated carbocycles. The summed E-state index contributed by atoms with van der Waals surface area (Å²) in [4.78, 5) is 14.6. The maximum Gasteiger partial charge on any atom is 0.313 e. The maximum atomic E-state index is 12.2. The van der Waals surface area contributed by atoms with Crippen molar-refractivity contribution >= 4 is 5.97 Å². The van der Waals surface area contributed by atoms with Crippen molar-refractivity contribution in [1.29, 1.82) is 0 Å². The third-order valence-corrected chi connectivity index (χ3v) is 5.26. The van der Waals surface area contributed by atoms with Gasteiger partial charge in [0.1, 0.15) is 0 Å². The van der Waals surface area contributed by atoms with E-state index in [4.69, 9.17) is 4.74 Å². The molecule has 5 heteroatoms. The predicted octanol–water partition coefficient (Wildman–Crippen LogP) is 1.50. The van der Waals surface area contributed by atoms with E-state index < -0.39 is 0 Å². The van der Waals surface area contributed by atoms with Crippen LogP contribution in [0, 0.1) is 18.3 Å². The quantitative estimate of drug-likeness (QED) is 0.786. The lowest BCUT2D eigenvalue weighted by molar-refractivity contribution is -0.153. The maximum absolute atomic E-state index is 12.2. The number of esters is 1. The Hall–Kier alpha value is -1.36. The summed E-state index contributed by atoms with van der Waals surface area (Å²) in [6.07, 6.45) is 5.22. The van der Waals surface area contributed by atoms with Crippen molar-refractivity contribution < 1.29 is 9.53 Å². The molecular formula is C15H23N3O2. The number of carbonyl (C=O) groups is 1. The van der Waals surface area contributed by atoms with Gasteiger partial charge in [-0.3, -0.25) is 14.4 Å². The molecule has 0 bridgehead atoms. The Morgan fingerprint density at radius 3 is 3.05 bits per heavy atom. The van der Waals surface area contributed by atoms with E-state index in [0.717, 1.165) is 38.9 Å². The number of hydrogen-bond acceptors (Lipinski definition) is 4. The van der Waals surface area contributed by atoms with Crippen LogP contribution in [-0.4, -0.2) is 40.8 Å². The van der Waals surface area contributed by atoms with Crippen LogP contribution < -0.4 is 0 Å². The standard InChI is InChI=1S/C15H23N3O2/c1-11-12(7-16-17(11)2)8-18-9-13-5-4-6-15(13,10-18)14(19)20-3/h7,13H,4-6,8-10H2,1-3H3/t13-,15-/m0/s1. The van der Waals surface area contributed by atoms with Gasteiger partial charge in [-0.25, -0.2) is 0 Å². The number of hydrogen-bond donors (Lipinski definition) is 0. The van der Waals surface area contributed by atoms with Crippen LogP contribution in [0.2, 0.25) is 0 Å². The number of aryl methyl sites for hydroxylation is 1. The van der Waals surface area contributed by atoms with Crippen LogP contribution in [0.25, 0.3) is 0 Å². The molecule has 0 unspecified atom stereocenters. The zero-order valence-electron chi connectivity index (χ0n) is 12.6. The number of ether oxygens (including phenoxy) is 1. The van der Waals surface area contributed by atoms with Gasteiger partial charge >= 0.3 is 5.97 Å². The highest BCUT2D eigenvalue weighted by molar-refractivity contribution is 5.78. The minimum absolute atomic E-state index is 0.00888. The molecule has 2 atom stereocenters. The lowest BCUT2D eigenvalue weighted by atomic mass is 9.81. The van der Waals surface area contributed by atoms with E-state index >= 15 is 0 Å². The third kappa shape index (κ3) is 1.95. The second kappa shape index (κ2) is 4.88.